The lowest BCUT2D eigenvalue weighted by Gasteiger charge is -2.55. The van der Waals surface area contributed by atoms with Crippen molar-refractivity contribution in [3.05, 3.63) is 42.6 Å². The van der Waals surface area contributed by atoms with E-state index in [1.807, 2.05) is 24.4 Å². The van der Waals surface area contributed by atoms with Crippen molar-refractivity contribution in [1.29, 1.82) is 0 Å². The molecule has 0 N–H and O–H groups in total. The highest BCUT2D eigenvalue weighted by molar-refractivity contribution is 7.92. The van der Waals surface area contributed by atoms with Crippen LogP contribution < -0.4 is 4.90 Å². The summed E-state index contributed by atoms with van der Waals surface area (Å²) in [6.07, 6.45) is 6.61. The fourth-order valence-electron chi connectivity index (χ4n) is 4.67. The van der Waals surface area contributed by atoms with Gasteiger partial charge in [0.1, 0.15) is 5.82 Å². The van der Waals surface area contributed by atoms with Gasteiger partial charge >= 0.3 is 0 Å². The van der Waals surface area contributed by atoms with E-state index in [0.29, 0.717) is 10.3 Å². The molecule has 2 aromatic rings. The van der Waals surface area contributed by atoms with Gasteiger partial charge in [-0.1, -0.05) is 31.4 Å². The summed E-state index contributed by atoms with van der Waals surface area (Å²) in [6.45, 7) is 3.73. The number of rotatable bonds is 4. The zero-order valence-electron chi connectivity index (χ0n) is 16.0. The summed E-state index contributed by atoms with van der Waals surface area (Å²) >= 11 is 0. The molecule has 0 amide bonds. The Kier molecular flexibility index (Phi) is 4.43. The lowest BCUT2D eigenvalue weighted by atomic mass is 9.78. The zero-order chi connectivity index (χ0) is 19.2. The molecule has 1 aliphatic carbocycles. The van der Waals surface area contributed by atoms with Gasteiger partial charge in [-0.25, -0.2) is 13.4 Å². The molecule has 2 aliphatic heterocycles. The maximum atomic E-state index is 12.9. The normalized spacial score (nSPS) is 21.9. The maximum Gasteiger partial charge on any atom is 0.181 e. The summed E-state index contributed by atoms with van der Waals surface area (Å²) in [5.74, 6) is 0.980. The molecule has 148 valence electrons. The van der Waals surface area contributed by atoms with Crippen LogP contribution in [0.15, 0.2) is 47.5 Å². The van der Waals surface area contributed by atoms with E-state index in [4.69, 9.17) is 4.74 Å². The summed E-state index contributed by atoms with van der Waals surface area (Å²) in [5.41, 5.74) is 2.44. The number of hydrogen-bond donors (Lipinski definition) is 0. The van der Waals surface area contributed by atoms with Crippen LogP contribution in [-0.4, -0.2) is 45.0 Å². The molecule has 2 saturated heterocycles. The van der Waals surface area contributed by atoms with E-state index in [1.165, 1.54) is 0 Å². The second-order valence-electron chi connectivity index (χ2n) is 8.58. The number of aromatic nitrogens is 1. The van der Waals surface area contributed by atoms with Crippen molar-refractivity contribution in [1.82, 2.24) is 4.98 Å². The highest BCUT2D eigenvalue weighted by Crippen LogP contribution is 2.40. The molecule has 5 nitrogen and oxygen atoms in total. The van der Waals surface area contributed by atoms with E-state index >= 15 is 0 Å². The van der Waals surface area contributed by atoms with Crippen LogP contribution in [-0.2, 0) is 14.6 Å². The minimum Gasteiger partial charge on any atom is -0.380 e. The first-order valence-corrected chi connectivity index (χ1v) is 11.7. The van der Waals surface area contributed by atoms with Crippen molar-refractivity contribution < 1.29 is 13.2 Å². The van der Waals surface area contributed by atoms with Crippen LogP contribution >= 0.6 is 0 Å². The Bertz CT molecular complexity index is 954. The lowest BCUT2D eigenvalue weighted by Crippen LogP contribution is -2.66. The van der Waals surface area contributed by atoms with Gasteiger partial charge in [0.2, 0.25) is 0 Å². The summed E-state index contributed by atoms with van der Waals surface area (Å²) in [5, 5.41) is -0.214. The van der Waals surface area contributed by atoms with E-state index in [9.17, 15) is 8.42 Å². The Labute approximate surface area is 166 Å². The SMILES string of the molecule is O=S(=O)(c1ccc(-c2ccnc(N3CC4(COC4)C3)c2)cc1)C1CCCCC1. The first-order valence-electron chi connectivity index (χ1n) is 10.2. The highest BCUT2D eigenvalue weighted by atomic mass is 32.2. The van der Waals surface area contributed by atoms with Gasteiger partial charge < -0.3 is 9.64 Å². The van der Waals surface area contributed by atoms with Crippen LogP contribution in [0, 0.1) is 5.41 Å². The van der Waals surface area contributed by atoms with Crippen LogP contribution in [0.5, 0.6) is 0 Å². The van der Waals surface area contributed by atoms with Crippen LogP contribution in [0.1, 0.15) is 32.1 Å². The molecule has 0 atom stereocenters. The topological polar surface area (TPSA) is 59.5 Å². The maximum absolute atomic E-state index is 12.9. The van der Waals surface area contributed by atoms with Crippen LogP contribution in [0.4, 0.5) is 5.82 Å². The molecule has 1 aromatic carbocycles. The molecule has 0 bridgehead atoms. The third kappa shape index (κ3) is 3.12. The van der Waals surface area contributed by atoms with Crippen LogP contribution in [0.25, 0.3) is 11.1 Å². The number of sulfone groups is 1. The predicted octanol–water partition coefficient (Wildman–Crippen LogP) is 3.69. The van der Waals surface area contributed by atoms with E-state index in [-0.39, 0.29) is 5.25 Å². The van der Waals surface area contributed by atoms with Crippen molar-refractivity contribution in [3.8, 4) is 11.1 Å². The van der Waals surface area contributed by atoms with Gasteiger partial charge in [0.15, 0.2) is 9.84 Å². The summed E-state index contributed by atoms with van der Waals surface area (Å²) < 4.78 is 31.1. The monoisotopic (exact) mass is 398 g/mol. The van der Waals surface area contributed by atoms with Crippen LogP contribution in [0.2, 0.25) is 0 Å². The lowest BCUT2D eigenvalue weighted by molar-refractivity contribution is -0.127. The van der Waals surface area contributed by atoms with Gasteiger partial charge in [0, 0.05) is 19.3 Å². The smallest absolute Gasteiger partial charge is 0.181 e. The van der Waals surface area contributed by atoms with Crippen molar-refractivity contribution in [2.24, 2.45) is 5.41 Å². The minimum absolute atomic E-state index is 0.214. The fourth-order valence-corrected chi connectivity index (χ4v) is 6.53. The molecule has 3 aliphatic rings. The second-order valence-corrected chi connectivity index (χ2v) is 10.8. The zero-order valence-corrected chi connectivity index (χ0v) is 16.8. The molecular weight excluding hydrogens is 372 g/mol. The molecule has 6 heteroatoms. The fraction of sp³-hybridized carbons (Fsp3) is 0.500. The third-order valence-electron chi connectivity index (χ3n) is 6.45. The Morgan fingerprint density at radius 2 is 1.68 bits per heavy atom. The molecule has 5 rings (SSSR count). The van der Waals surface area contributed by atoms with E-state index < -0.39 is 9.84 Å². The Morgan fingerprint density at radius 1 is 0.964 bits per heavy atom. The predicted molar refractivity (Wildman–Crippen MR) is 109 cm³/mol. The number of pyridine rings is 1. The summed E-state index contributed by atoms with van der Waals surface area (Å²) in [6, 6.07) is 11.5. The van der Waals surface area contributed by atoms with Crippen molar-refractivity contribution in [3.63, 3.8) is 0 Å². The number of benzene rings is 1. The number of nitrogens with zero attached hydrogens (tertiary/aromatic N) is 2. The van der Waals surface area contributed by atoms with E-state index in [1.54, 1.807) is 12.1 Å². The van der Waals surface area contributed by atoms with Crippen LogP contribution in [0.3, 0.4) is 0 Å². The Hall–Kier alpha value is -1.92. The third-order valence-corrected chi connectivity index (χ3v) is 8.72. The molecule has 1 aromatic heterocycles. The van der Waals surface area contributed by atoms with Crippen molar-refractivity contribution in [2.75, 3.05) is 31.2 Å². The first-order chi connectivity index (χ1) is 13.6. The number of hydrogen-bond acceptors (Lipinski definition) is 5. The molecule has 1 spiro atoms. The van der Waals surface area contributed by atoms with Gasteiger partial charge in [-0.2, -0.15) is 0 Å². The van der Waals surface area contributed by atoms with E-state index in [2.05, 4.69) is 16.0 Å². The van der Waals surface area contributed by atoms with Crippen molar-refractivity contribution >= 4 is 15.7 Å². The summed E-state index contributed by atoms with van der Waals surface area (Å²) in [4.78, 5) is 7.25. The average Bonchev–Trinajstić information content (AvgIpc) is 2.67. The van der Waals surface area contributed by atoms with Gasteiger partial charge in [0.25, 0.3) is 0 Å². The van der Waals surface area contributed by atoms with Crippen molar-refractivity contribution in [2.45, 2.75) is 42.2 Å². The molecule has 3 fully saturated rings. The molecule has 0 unspecified atom stereocenters. The Balaban J connectivity index is 1.34. The average molecular weight is 399 g/mol. The molecular formula is C22H26N2O3S. The quantitative estimate of drug-likeness (QED) is 0.786. The second kappa shape index (κ2) is 6.85. The molecule has 1 saturated carbocycles. The standard InChI is InChI=1S/C22H26N2O3S/c25-28(26,19-4-2-1-3-5-19)20-8-6-17(7-9-20)18-10-11-23-21(12-18)24-13-22(14-24)15-27-16-22/h6-12,19H,1-5,13-16H2. The molecule has 3 heterocycles. The highest BCUT2D eigenvalue weighted by Gasteiger charge is 2.49. The van der Waals surface area contributed by atoms with Gasteiger partial charge in [0.05, 0.1) is 28.8 Å². The molecule has 0 radical (unpaired) electrons. The van der Waals surface area contributed by atoms with E-state index in [0.717, 1.165) is 75.4 Å². The molecule has 28 heavy (non-hydrogen) atoms. The number of anilines is 1. The van der Waals surface area contributed by atoms with Gasteiger partial charge in [-0.05, 0) is 48.2 Å². The number of ether oxygens (including phenoxy) is 1. The minimum atomic E-state index is -3.22. The van der Waals surface area contributed by atoms with Gasteiger partial charge in [-0.3, -0.25) is 0 Å². The summed E-state index contributed by atoms with van der Waals surface area (Å²) in [7, 11) is -3.22. The largest absolute Gasteiger partial charge is 0.380 e. The van der Waals surface area contributed by atoms with Gasteiger partial charge in [-0.15, -0.1) is 0 Å². The first kappa shape index (κ1) is 18.1. The Morgan fingerprint density at radius 3 is 2.32 bits per heavy atom.